The fourth-order valence-corrected chi connectivity index (χ4v) is 5.03. The van der Waals surface area contributed by atoms with E-state index in [1.165, 1.54) is 18.3 Å². The predicted molar refractivity (Wildman–Crippen MR) is 173 cm³/mol. The molecule has 0 aliphatic heterocycles. The summed E-state index contributed by atoms with van der Waals surface area (Å²) in [5, 5.41) is 16.2. The molecule has 3 aromatic carbocycles. The molecule has 3 N–H and O–H groups in total. The molecule has 0 unspecified atom stereocenters. The van der Waals surface area contributed by atoms with Crippen molar-refractivity contribution in [1.82, 2.24) is 9.55 Å². The smallest absolute Gasteiger partial charge is 0.412 e. The second-order valence-electron chi connectivity index (χ2n) is 12.0. The molecule has 2 aromatic heterocycles. The third kappa shape index (κ3) is 7.72. The zero-order valence-corrected chi connectivity index (χ0v) is 25.3. The Labute approximate surface area is 260 Å². The molecule has 5 aromatic rings. The Balaban J connectivity index is 1.42. The highest BCUT2D eigenvalue weighted by Gasteiger charge is 2.21. The predicted octanol–water partition coefficient (Wildman–Crippen LogP) is 7.54. The molecular weight excluding hydrogens is 573 g/mol. The first-order valence-corrected chi connectivity index (χ1v) is 14.5. The second kappa shape index (κ2) is 13.0. The van der Waals surface area contributed by atoms with Crippen molar-refractivity contribution in [2.45, 2.75) is 40.3 Å². The third-order valence-electron chi connectivity index (χ3n) is 7.11. The van der Waals surface area contributed by atoms with Crippen LogP contribution in [0.15, 0.2) is 97.2 Å². The normalized spacial score (nSPS) is 11.3. The maximum Gasteiger partial charge on any atom is 0.412 e. The van der Waals surface area contributed by atoms with Crippen LogP contribution in [-0.4, -0.2) is 32.6 Å². The number of fused-ring (bicyclic) bond motifs is 1. The molecule has 9 nitrogen and oxygen atoms in total. The second-order valence-corrected chi connectivity index (χ2v) is 12.0. The fourth-order valence-electron chi connectivity index (χ4n) is 5.03. The first-order valence-electron chi connectivity index (χ1n) is 14.5. The number of carboxylic acid groups (broad SMARTS) is 1. The number of carbonyl (C=O) groups excluding carboxylic acids is 2. The van der Waals surface area contributed by atoms with Crippen molar-refractivity contribution in [3.63, 3.8) is 0 Å². The Morgan fingerprint density at radius 3 is 2.31 bits per heavy atom. The van der Waals surface area contributed by atoms with E-state index in [-0.39, 0.29) is 35.9 Å². The van der Waals surface area contributed by atoms with Crippen LogP contribution in [0.3, 0.4) is 0 Å². The van der Waals surface area contributed by atoms with E-state index in [2.05, 4.69) is 15.6 Å². The van der Waals surface area contributed by atoms with Gasteiger partial charge in [0.2, 0.25) is 5.91 Å². The Kier molecular flexibility index (Phi) is 8.94. The summed E-state index contributed by atoms with van der Waals surface area (Å²) in [6.07, 6.45) is 0.590. The summed E-state index contributed by atoms with van der Waals surface area (Å²) in [6, 6.07) is 25.7. The molecule has 45 heavy (non-hydrogen) atoms. The molecule has 0 spiro atoms. The summed E-state index contributed by atoms with van der Waals surface area (Å²) in [4.78, 5) is 43.6. The van der Waals surface area contributed by atoms with Crippen molar-refractivity contribution in [1.29, 1.82) is 0 Å². The highest BCUT2D eigenvalue weighted by Crippen LogP contribution is 2.27. The van der Waals surface area contributed by atoms with Gasteiger partial charge in [0.1, 0.15) is 17.3 Å². The maximum absolute atomic E-state index is 14.7. The lowest BCUT2D eigenvalue weighted by molar-refractivity contribution is -0.117. The number of pyridine rings is 1. The largest absolute Gasteiger partial charge is 0.465 e. The minimum absolute atomic E-state index is 0.0913. The van der Waals surface area contributed by atoms with E-state index in [1.807, 2.05) is 51.1 Å². The molecule has 0 fully saturated rings. The fraction of sp³-hybridized carbons (Fsp3) is 0.200. The van der Waals surface area contributed by atoms with Gasteiger partial charge in [-0.15, -0.1) is 0 Å². The van der Waals surface area contributed by atoms with E-state index in [4.69, 9.17) is 0 Å². The van der Waals surface area contributed by atoms with Gasteiger partial charge in [0, 0.05) is 28.6 Å². The minimum atomic E-state index is -1.14. The van der Waals surface area contributed by atoms with E-state index in [1.54, 1.807) is 53.1 Å². The Morgan fingerprint density at radius 1 is 0.911 bits per heavy atom. The van der Waals surface area contributed by atoms with Gasteiger partial charge < -0.3 is 20.3 Å². The number of rotatable bonds is 9. The zero-order valence-electron chi connectivity index (χ0n) is 25.3. The van der Waals surface area contributed by atoms with Crippen molar-refractivity contribution in [2.24, 2.45) is 5.41 Å². The van der Waals surface area contributed by atoms with Crippen molar-refractivity contribution < 1.29 is 23.9 Å². The van der Waals surface area contributed by atoms with Crippen molar-refractivity contribution in [3.05, 3.63) is 120 Å². The lowest BCUT2D eigenvalue weighted by Gasteiger charge is -2.19. The van der Waals surface area contributed by atoms with Gasteiger partial charge in [-0.05, 0) is 53.4 Å². The monoisotopic (exact) mass is 607 g/mol. The number of nitrogens with one attached hydrogen (secondary N) is 2. The number of aromatic nitrogens is 2. The quantitative estimate of drug-likeness (QED) is 0.160. The molecule has 0 saturated heterocycles. The average molecular weight is 608 g/mol. The zero-order chi connectivity index (χ0) is 32.1. The van der Waals surface area contributed by atoms with Gasteiger partial charge >= 0.3 is 6.09 Å². The summed E-state index contributed by atoms with van der Waals surface area (Å²) >= 11 is 0. The molecular formula is C35H34FN5O4. The number of hydrogen-bond donors (Lipinski definition) is 3. The minimum Gasteiger partial charge on any atom is -0.465 e. The van der Waals surface area contributed by atoms with Gasteiger partial charge in [-0.3, -0.25) is 14.5 Å². The maximum atomic E-state index is 14.7. The highest BCUT2D eigenvalue weighted by molar-refractivity contribution is 6.06. The number of nitrogens with zero attached hydrogens (tertiary/aromatic N) is 3. The summed E-state index contributed by atoms with van der Waals surface area (Å²) in [7, 11) is 0. The average Bonchev–Trinajstić information content (AvgIpc) is 3.34. The summed E-state index contributed by atoms with van der Waals surface area (Å²) < 4.78 is 16.4. The van der Waals surface area contributed by atoms with Gasteiger partial charge in [0.25, 0.3) is 5.91 Å². The van der Waals surface area contributed by atoms with Crippen LogP contribution in [0.1, 0.15) is 48.8 Å². The highest BCUT2D eigenvalue weighted by atomic mass is 19.1. The summed E-state index contributed by atoms with van der Waals surface area (Å²) in [5.41, 5.74) is 2.91. The first-order chi connectivity index (χ1) is 21.5. The van der Waals surface area contributed by atoms with Crippen LogP contribution in [0.4, 0.5) is 26.4 Å². The van der Waals surface area contributed by atoms with E-state index >= 15 is 0 Å². The standard InChI is InChI=1S/C35H34FN5O4/c1-35(2,3)19-32(42)38-26-13-15-29-25(17-26)18-30(41(29)22-24-11-7-8-12-28(24)36)33(43)39-31-16-14-27(20-37-31)40(34(44)45)21-23-9-5-4-6-10-23/h4-18,20H,19,21-22H2,1-3H3,(H,38,42)(H,44,45)(H,37,39,43). The molecule has 230 valence electrons. The lowest BCUT2D eigenvalue weighted by atomic mass is 9.92. The molecule has 0 aliphatic rings. The summed E-state index contributed by atoms with van der Waals surface area (Å²) in [6.45, 7) is 6.18. The van der Waals surface area contributed by atoms with E-state index in [0.717, 1.165) is 10.5 Å². The van der Waals surface area contributed by atoms with E-state index in [9.17, 15) is 23.9 Å². The molecule has 2 heterocycles. The van der Waals surface area contributed by atoms with Gasteiger partial charge in [-0.1, -0.05) is 69.3 Å². The van der Waals surface area contributed by atoms with Crippen LogP contribution in [0.5, 0.6) is 0 Å². The van der Waals surface area contributed by atoms with Gasteiger partial charge in [0.15, 0.2) is 0 Å². The molecule has 3 amide bonds. The molecule has 0 aliphatic carbocycles. The van der Waals surface area contributed by atoms with Gasteiger partial charge in [0.05, 0.1) is 25.0 Å². The number of halogens is 1. The van der Waals surface area contributed by atoms with Gasteiger partial charge in [-0.25, -0.2) is 14.2 Å². The SMILES string of the molecule is CC(C)(C)CC(=O)Nc1ccc2c(c1)cc(C(=O)Nc1ccc(N(Cc3ccccc3)C(=O)O)cn1)n2Cc1ccccc1F. The molecule has 0 saturated carbocycles. The number of carbonyl (C=O) groups is 3. The molecule has 0 bridgehead atoms. The van der Waals surface area contributed by atoms with Crippen molar-refractivity contribution in [2.75, 3.05) is 15.5 Å². The Morgan fingerprint density at radius 2 is 1.64 bits per heavy atom. The van der Waals surface area contributed by atoms with Crippen LogP contribution in [0.2, 0.25) is 0 Å². The molecule has 0 radical (unpaired) electrons. The molecule has 5 rings (SSSR count). The van der Waals surface area contributed by atoms with Crippen molar-refractivity contribution in [3.8, 4) is 0 Å². The first kappa shape index (κ1) is 30.9. The van der Waals surface area contributed by atoms with Crippen LogP contribution in [-0.2, 0) is 17.9 Å². The summed E-state index contributed by atoms with van der Waals surface area (Å²) in [5.74, 6) is -0.787. The van der Waals surface area contributed by atoms with Crippen LogP contribution >= 0.6 is 0 Å². The number of benzene rings is 3. The molecule has 0 atom stereocenters. The Hall–Kier alpha value is -5.51. The Bertz CT molecular complexity index is 1850. The number of anilines is 3. The third-order valence-corrected chi connectivity index (χ3v) is 7.11. The van der Waals surface area contributed by atoms with Crippen LogP contribution in [0.25, 0.3) is 10.9 Å². The molecule has 10 heteroatoms. The van der Waals surface area contributed by atoms with Crippen LogP contribution in [0, 0.1) is 11.2 Å². The van der Waals surface area contributed by atoms with Crippen LogP contribution < -0.4 is 15.5 Å². The topological polar surface area (TPSA) is 117 Å². The lowest BCUT2D eigenvalue weighted by Crippen LogP contribution is -2.28. The number of hydrogen-bond acceptors (Lipinski definition) is 4. The van der Waals surface area contributed by atoms with E-state index in [0.29, 0.717) is 34.3 Å². The number of amides is 3. The van der Waals surface area contributed by atoms with Crippen molar-refractivity contribution >= 4 is 46.0 Å². The van der Waals surface area contributed by atoms with Gasteiger partial charge in [-0.2, -0.15) is 0 Å². The van der Waals surface area contributed by atoms with E-state index < -0.39 is 17.8 Å².